The zero-order valence-electron chi connectivity index (χ0n) is 58.5. The maximum absolute atomic E-state index is 13.5. The molecule has 100 heavy (non-hydrogen) atoms. The Morgan fingerprint density at radius 2 is 0.790 bits per heavy atom. The van der Waals surface area contributed by atoms with E-state index in [1.165, 1.54) is 29.2 Å². The zero-order chi connectivity index (χ0) is 74.4. The van der Waals surface area contributed by atoms with E-state index in [1.807, 2.05) is 27.7 Å². The molecule has 12 N–H and O–H groups in total. The van der Waals surface area contributed by atoms with Crippen molar-refractivity contribution in [1.82, 2.24) is 57.7 Å². The molecule has 0 fully saturated rings. The van der Waals surface area contributed by atoms with Crippen molar-refractivity contribution in [3.8, 4) is 0 Å². The first-order valence-corrected chi connectivity index (χ1v) is 32.5. The van der Waals surface area contributed by atoms with E-state index in [0.717, 1.165) is 16.0 Å². The molecular weight excluding hydrogens is 1320 g/mol. The SMILES string of the molecule is CC(C)C[C@H](NC(=O)[C@H](Cc1ccccc1)NC(=O)CNC(=O)CCC(=O)OC(C)(C)C)C(=O)NCC(=O)NCCCN1C(=O)C=CC1=O.CC(C)C[C@H](NC(=O)[C@H](Cc1ccccc1)NC(=O)CNC(=O)CCC(=O)OC(C)(C)C)C(=O)NCC(=O)O.Cl.NCCCN1C(=O)C=CC1=O. The van der Waals surface area contributed by atoms with Gasteiger partial charge in [0.25, 0.3) is 23.6 Å². The third kappa shape index (κ3) is 38.9. The first-order valence-electron chi connectivity index (χ1n) is 32.5. The number of hydrogen-bond acceptors (Lipinski definition) is 19. The van der Waals surface area contributed by atoms with Gasteiger partial charge in [0, 0.05) is 69.6 Å². The molecule has 4 atom stereocenters. The minimum absolute atomic E-state index is 0. The number of esters is 2. The molecule has 0 spiro atoms. The molecule has 0 aliphatic carbocycles. The molecule has 0 saturated carbocycles. The fourth-order valence-corrected chi connectivity index (χ4v) is 8.97. The van der Waals surface area contributed by atoms with Crippen LogP contribution in [-0.2, 0) is 99.0 Å². The van der Waals surface area contributed by atoms with E-state index in [0.29, 0.717) is 25.9 Å². The average molecular weight is 1420 g/mol. The Bertz CT molecular complexity index is 3150. The highest BCUT2D eigenvalue weighted by Gasteiger charge is 2.31. The van der Waals surface area contributed by atoms with Gasteiger partial charge in [-0.1, -0.05) is 88.4 Å². The molecule has 0 saturated heterocycles. The molecule has 2 aromatic rings. The van der Waals surface area contributed by atoms with E-state index in [-0.39, 0.29) is 107 Å². The van der Waals surface area contributed by atoms with Gasteiger partial charge >= 0.3 is 17.9 Å². The number of hydrogen-bond donors (Lipinski definition) is 11. The molecule has 2 aliphatic heterocycles. The molecule has 13 amide bonds. The van der Waals surface area contributed by atoms with Gasteiger partial charge in [-0.05, 0) is 96.7 Å². The Morgan fingerprint density at radius 3 is 1.13 bits per heavy atom. The third-order valence-corrected chi connectivity index (χ3v) is 13.5. The van der Waals surface area contributed by atoms with Gasteiger partial charge in [0.2, 0.25) is 53.2 Å². The normalized spacial score (nSPS) is 13.5. The summed E-state index contributed by atoms with van der Waals surface area (Å²) in [6, 6.07) is 13.6. The third-order valence-electron chi connectivity index (χ3n) is 13.5. The summed E-state index contributed by atoms with van der Waals surface area (Å²) < 4.78 is 10.3. The second-order valence-corrected chi connectivity index (χ2v) is 25.7. The quantitative estimate of drug-likeness (QED) is 0.0248. The van der Waals surface area contributed by atoms with Crippen molar-refractivity contribution in [1.29, 1.82) is 0 Å². The Labute approximate surface area is 588 Å². The molecule has 32 heteroatoms. The van der Waals surface area contributed by atoms with Gasteiger partial charge in [-0.25, -0.2) is 0 Å². The molecule has 0 unspecified atom stereocenters. The van der Waals surface area contributed by atoms with E-state index in [2.05, 4.69) is 47.9 Å². The van der Waals surface area contributed by atoms with Crippen LogP contribution in [0.1, 0.15) is 132 Å². The Balaban J connectivity index is 0.000000872. The Morgan fingerprint density at radius 1 is 0.440 bits per heavy atom. The van der Waals surface area contributed by atoms with E-state index in [1.54, 1.807) is 102 Å². The topological polar surface area (TPSA) is 453 Å². The van der Waals surface area contributed by atoms with Gasteiger partial charge in [-0.15, -0.1) is 12.4 Å². The van der Waals surface area contributed by atoms with E-state index >= 15 is 0 Å². The lowest BCUT2D eigenvalue weighted by atomic mass is 10.0. The molecule has 2 aromatic carbocycles. The number of halogens is 1. The number of rotatable bonds is 37. The van der Waals surface area contributed by atoms with Crippen molar-refractivity contribution in [3.63, 3.8) is 0 Å². The van der Waals surface area contributed by atoms with Crippen LogP contribution in [-0.4, -0.2) is 197 Å². The van der Waals surface area contributed by atoms with Crippen molar-refractivity contribution in [2.75, 3.05) is 52.4 Å². The summed E-state index contributed by atoms with van der Waals surface area (Å²) in [7, 11) is 0. The molecule has 0 radical (unpaired) electrons. The lowest BCUT2D eigenvalue weighted by Gasteiger charge is -2.24. The van der Waals surface area contributed by atoms with Crippen LogP contribution in [0.5, 0.6) is 0 Å². The smallest absolute Gasteiger partial charge is 0.322 e. The molecule has 4 rings (SSSR count). The van der Waals surface area contributed by atoms with Gasteiger partial charge in [-0.2, -0.15) is 0 Å². The fraction of sp³-hybridized carbons (Fsp3) is 0.529. The number of nitrogens with two attached hydrogens (primary N) is 1. The largest absolute Gasteiger partial charge is 0.480 e. The molecular formula is C68H99ClN12O19. The van der Waals surface area contributed by atoms with Crippen LogP contribution in [0.25, 0.3) is 0 Å². The number of benzene rings is 2. The first-order chi connectivity index (χ1) is 46.4. The summed E-state index contributed by atoms with van der Waals surface area (Å²) in [6.45, 7) is 17.1. The lowest BCUT2D eigenvalue weighted by molar-refractivity contribution is -0.156. The number of carboxylic acid groups (broad SMARTS) is 1. The number of carbonyl (C=O) groups is 16. The molecule has 552 valence electrons. The zero-order valence-corrected chi connectivity index (χ0v) is 59.3. The van der Waals surface area contributed by atoms with Gasteiger partial charge in [0.1, 0.15) is 41.9 Å². The summed E-state index contributed by atoms with van der Waals surface area (Å²) in [5, 5.41) is 31.6. The number of nitrogens with one attached hydrogen (secondary N) is 9. The van der Waals surface area contributed by atoms with Crippen LogP contribution in [0.2, 0.25) is 0 Å². The molecule has 0 aromatic heterocycles. The number of carbonyl (C=O) groups excluding carboxylic acids is 15. The Kier molecular flexibility index (Phi) is 40.2. The van der Waals surface area contributed by atoms with Gasteiger partial charge in [0.05, 0.1) is 32.5 Å². The number of aliphatic carboxylic acids is 1. The fourth-order valence-electron chi connectivity index (χ4n) is 8.97. The highest BCUT2D eigenvalue weighted by Crippen LogP contribution is 2.14. The number of nitrogens with zero attached hydrogens (tertiary/aromatic N) is 2. The van der Waals surface area contributed by atoms with Gasteiger partial charge < -0.3 is 68.2 Å². The van der Waals surface area contributed by atoms with E-state index < -0.39 is 138 Å². The second kappa shape index (κ2) is 45.6. The van der Waals surface area contributed by atoms with Crippen molar-refractivity contribution in [3.05, 3.63) is 96.1 Å². The number of carboxylic acids is 1. The standard InChI is InChI=1S/C34H48N6O9.C27H40N4O8.C7H10N2O2.ClH/c1-22(2)18-24(32(47)37-20-27(42)35-16-9-17-40-29(44)13-14-30(40)45)39-33(48)25(19-23-10-7-6-8-11-23)38-28(43)21-36-26(41)12-15-31(46)49-34(3,4)5;1-17(2)13-19(25(37)29-16-23(34)35)31-26(38)20(14-18-9-7-6-8-10-18)30-22(33)15-28-21(32)11-12-24(36)39-27(3,4)5;8-4-1-5-9-6(10)2-3-7(9)11;/h6-8,10-11,13-14,22,24-25H,9,12,15-21H2,1-5H3,(H,35,42)(H,36,41)(H,37,47)(H,38,43)(H,39,48);6-10,17,19-20H,11-16H2,1-5H3,(H,28,32)(H,29,37)(H,30,33)(H,31,38)(H,34,35);2-3H,1,4-5,8H2;1H/t24-,25-;19-,20-;;/m00../s1. The molecule has 31 nitrogen and oxygen atoms in total. The monoisotopic (exact) mass is 1420 g/mol. The Hall–Kier alpha value is -9.91. The van der Waals surface area contributed by atoms with Crippen molar-refractivity contribution < 1.29 is 91.3 Å². The van der Waals surface area contributed by atoms with E-state index in [9.17, 15) is 76.7 Å². The maximum atomic E-state index is 13.5. The van der Waals surface area contributed by atoms with Gasteiger partial charge in [-0.3, -0.25) is 86.5 Å². The maximum Gasteiger partial charge on any atom is 0.322 e. The van der Waals surface area contributed by atoms with Crippen molar-refractivity contribution in [2.24, 2.45) is 17.6 Å². The number of imide groups is 2. The highest BCUT2D eigenvalue weighted by molar-refractivity contribution is 6.13. The van der Waals surface area contributed by atoms with Crippen LogP contribution in [0.4, 0.5) is 0 Å². The predicted molar refractivity (Wildman–Crippen MR) is 367 cm³/mol. The van der Waals surface area contributed by atoms with Crippen LogP contribution in [0.3, 0.4) is 0 Å². The predicted octanol–water partition coefficient (Wildman–Crippen LogP) is 0.396. The summed E-state index contributed by atoms with van der Waals surface area (Å²) in [4.78, 5) is 196. The van der Waals surface area contributed by atoms with Crippen LogP contribution >= 0.6 is 12.4 Å². The minimum Gasteiger partial charge on any atom is -0.480 e. The molecule has 0 bridgehead atoms. The molecule has 2 heterocycles. The molecule has 2 aliphatic rings. The van der Waals surface area contributed by atoms with Crippen molar-refractivity contribution in [2.45, 2.75) is 169 Å². The minimum atomic E-state index is -1.22. The van der Waals surface area contributed by atoms with E-state index in [4.69, 9.17) is 20.3 Å². The second-order valence-electron chi connectivity index (χ2n) is 25.7. The summed E-state index contributed by atoms with van der Waals surface area (Å²) in [6.07, 6.45) is 5.93. The van der Waals surface area contributed by atoms with Gasteiger partial charge in [0.15, 0.2) is 0 Å². The average Bonchev–Trinajstić information content (AvgIpc) is 1.24. The number of ether oxygens (including phenoxy) is 2. The summed E-state index contributed by atoms with van der Waals surface area (Å²) >= 11 is 0. The van der Waals surface area contributed by atoms with Crippen molar-refractivity contribution >= 4 is 107 Å². The summed E-state index contributed by atoms with van der Waals surface area (Å²) in [5.74, 6) is -9.02. The van der Waals surface area contributed by atoms with Crippen LogP contribution in [0, 0.1) is 11.8 Å². The lowest BCUT2D eigenvalue weighted by Crippen LogP contribution is -2.56. The summed E-state index contributed by atoms with van der Waals surface area (Å²) in [5.41, 5.74) is 5.35. The first kappa shape index (κ1) is 88.1. The number of amides is 13. The highest BCUT2D eigenvalue weighted by atomic mass is 35.5. The van der Waals surface area contributed by atoms with Crippen LogP contribution < -0.4 is 53.6 Å². The van der Waals surface area contributed by atoms with Crippen LogP contribution in [0.15, 0.2) is 85.0 Å².